The van der Waals surface area contributed by atoms with Crippen molar-refractivity contribution < 1.29 is 24.5 Å². The highest BCUT2D eigenvalue weighted by Crippen LogP contribution is 2.17. The lowest BCUT2D eigenvalue weighted by atomic mass is 10.0. The van der Waals surface area contributed by atoms with Gasteiger partial charge in [0.15, 0.2) is 0 Å². The Labute approximate surface area is 393 Å². The van der Waals surface area contributed by atoms with E-state index in [4.69, 9.17) is 4.74 Å². The highest BCUT2D eigenvalue weighted by Gasteiger charge is 2.20. The Balaban J connectivity index is 3.46. The number of hydrogen-bond donors (Lipinski definition) is 3. The molecule has 63 heavy (non-hydrogen) atoms. The van der Waals surface area contributed by atoms with Gasteiger partial charge in [0.25, 0.3) is 0 Å². The van der Waals surface area contributed by atoms with Gasteiger partial charge in [0.2, 0.25) is 5.91 Å². The monoisotopic (exact) mass is 890 g/mol. The highest BCUT2D eigenvalue weighted by atomic mass is 16.5. The van der Waals surface area contributed by atoms with Gasteiger partial charge in [-0.3, -0.25) is 9.59 Å². The first-order valence-electron chi connectivity index (χ1n) is 28.4. The molecular weight excluding hydrogens is 779 g/mol. The zero-order valence-corrected chi connectivity index (χ0v) is 42.6. The molecule has 1 amide bonds. The van der Waals surface area contributed by atoms with Gasteiger partial charge in [0, 0.05) is 12.8 Å². The van der Waals surface area contributed by atoms with Gasteiger partial charge >= 0.3 is 5.97 Å². The van der Waals surface area contributed by atoms with Crippen LogP contribution in [0.4, 0.5) is 0 Å². The third kappa shape index (κ3) is 49.9. The number of ether oxygens (including phenoxy) is 1. The predicted molar refractivity (Wildman–Crippen MR) is 273 cm³/mol. The van der Waals surface area contributed by atoms with Crippen molar-refractivity contribution in [3.63, 3.8) is 0 Å². The predicted octanol–water partition coefficient (Wildman–Crippen LogP) is 17.3. The topological polar surface area (TPSA) is 95.9 Å². The van der Waals surface area contributed by atoms with Crippen LogP contribution in [0.3, 0.4) is 0 Å². The van der Waals surface area contributed by atoms with E-state index >= 15 is 0 Å². The molecule has 0 bridgehead atoms. The molecule has 0 rings (SSSR count). The van der Waals surface area contributed by atoms with Gasteiger partial charge in [-0.1, -0.05) is 257 Å². The minimum Gasteiger partial charge on any atom is -0.466 e. The molecule has 2 atom stereocenters. The minimum atomic E-state index is -0.679. The number of carbonyl (C=O) groups excluding carboxylic acids is 2. The first-order valence-corrected chi connectivity index (χ1v) is 28.4. The molecule has 0 aliphatic rings. The van der Waals surface area contributed by atoms with Crippen molar-refractivity contribution in [3.8, 4) is 0 Å². The lowest BCUT2D eigenvalue weighted by molar-refractivity contribution is -0.143. The molecule has 6 heteroatoms. The van der Waals surface area contributed by atoms with E-state index in [2.05, 4.69) is 31.3 Å². The van der Waals surface area contributed by atoms with Gasteiger partial charge in [-0.2, -0.15) is 0 Å². The van der Waals surface area contributed by atoms with E-state index in [-0.39, 0.29) is 18.5 Å². The van der Waals surface area contributed by atoms with E-state index in [9.17, 15) is 19.8 Å². The standard InChI is InChI=1S/C57H111NO5/c1-3-5-7-9-11-13-15-17-19-20-21-22-24-26-31-35-39-43-47-51-57(62)63-52-48-44-40-36-32-28-27-30-34-38-42-46-50-56(61)58-54(53-59)55(60)49-45-41-37-33-29-25-23-18-16-14-12-10-8-6-4-2/h28,32,54-55,59-60H,3-27,29-31,33-53H2,1-2H3,(H,58,61)/b32-28-. The maximum atomic E-state index is 12.5. The van der Waals surface area contributed by atoms with Crippen molar-refractivity contribution in [2.24, 2.45) is 0 Å². The van der Waals surface area contributed by atoms with Crippen LogP contribution >= 0.6 is 0 Å². The summed E-state index contributed by atoms with van der Waals surface area (Å²) in [6.45, 7) is 4.92. The smallest absolute Gasteiger partial charge is 0.305 e. The zero-order chi connectivity index (χ0) is 45.8. The second kappa shape index (κ2) is 53.2. The zero-order valence-electron chi connectivity index (χ0n) is 42.6. The largest absolute Gasteiger partial charge is 0.466 e. The van der Waals surface area contributed by atoms with Gasteiger partial charge in [-0.05, 0) is 57.8 Å². The summed E-state index contributed by atoms with van der Waals surface area (Å²) in [6, 6.07) is -0.559. The third-order valence-corrected chi connectivity index (χ3v) is 13.3. The van der Waals surface area contributed by atoms with Crippen LogP contribution < -0.4 is 5.32 Å². The van der Waals surface area contributed by atoms with Gasteiger partial charge in [0.1, 0.15) is 0 Å². The molecule has 0 aliphatic carbocycles. The number of rotatable bonds is 53. The molecular formula is C57H111NO5. The van der Waals surface area contributed by atoms with Gasteiger partial charge in [-0.25, -0.2) is 0 Å². The summed E-state index contributed by atoms with van der Waals surface area (Å²) in [6.07, 6.45) is 62.0. The Morgan fingerprint density at radius 1 is 0.429 bits per heavy atom. The van der Waals surface area contributed by atoms with Crippen molar-refractivity contribution in [1.82, 2.24) is 5.32 Å². The third-order valence-electron chi connectivity index (χ3n) is 13.3. The summed E-state index contributed by atoms with van der Waals surface area (Å²) in [7, 11) is 0. The molecule has 0 saturated carbocycles. The number of unbranched alkanes of at least 4 members (excludes halogenated alkanes) is 40. The summed E-state index contributed by atoms with van der Waals surface area (Å²) >= 11 is 0. The van der Waals surface area contributed by atoms with Crippen molar-refractivity contribution in [2.75, 3.05) is 13.2 Å². The molecule has 2 unspecified atom stereocenters. The molecule has 0 saturated heterocycles. The maximum Gasteiger partial charge on any atom is 0.305 e. The van der Waals surface area contributed by atoms with Crippen LogP contribution in [0.1, 0.15) is 316 Å². The van der Waals surface area contributed by atoms with Crippen molar-refractivity contribution >= 4 is 11.9 Å². The van der Waals surface area contributed by atoms with E-state index in [1.807, 2.05) is 0 Å². The molecule has 0 aromatic rings. The normalized spacial score (nSPS) is 12.6. The van der Waals surface area contributed by atoms with E-state index in [0.29, 0.717) is 25.9 Å². The van der Waals surface area contributed by atoms with Crippen LogP contribution in [-0.4, -0.2) is 47.4 Å². The molecule has 0 aromatic carbocycles. The summed E-state index contributed by atoms with van der Waals surface area (Å²) in [5.74, 6) is -0.0760. The van der Waals surface area contributed by atoms with E-state index in [1.165, 1.54) is 205 Å². The molecule has 0 heterocycles. The van der Waals surface area contributed by atoms with Crippen LogP contribution in [0, 0.1) is 0 Å². The van der Waals surface area contributed by atoms with Crippen molar-refractivity contribution in [1.29, 1.82) is 0 Å². The molecule has 3 N–H and O–H groups in total. The Bertz CT molecular complexity index is 939. The van der Waals surface area contributed by atoms with E-state index < -0.39 is 12.1 Å². The molecule has 0 spiro atoms. The first-order chi connectivity index (χ1) is 31.0. The van der Waals surface area contributed by atoms with Crippen LogP contribution in [0.25, 0.3) is 0 Å². The Kier molecular flexibility index (Phi) is 52.0. The first kappa shape index (κ1) is 61.6. The Morgan fingerprint density at radius 3 is 1.13 bits per heavy atom. The summed E-state index contributed by atoms with van der Waals surface area (Å²) in [5, 5.41) is 23.2. The molecule has 0 aromatic heterocycles. The van der Waals surface area contributed by atoms with Crippen molar-refractivity contribution in [3.05, 3.63) is 12.2 Å². The van der Waals surface area contributed by atoms with Gasteiger partial charge < -0.3 is 20.3 Å². The van der Waals surface area contributed by atoms with E-state index in [0.717, 1.165) is 77.0 Å². The number of nitrogens with one attached hydrogen (secondary N) is 1. The average molecular weight is 891 g/mol. The number of allylic oxidation sites excluding steroid dienone is 2. The molecule has 374 valence electrons. The molecule has 0 fully saturated rings. The number of aliphatic hydroxyl groups excluding tert-OH is 2. The number of esters is 1. The van der Waals surface area contributed by atoms with Crippen LogP contribution in [0.5, 0.6) is 0 Å². The number of hydrogen-bond acceptors (Lipinski definition) is 5. The number of aliphatic hydroxyl groups is 2. The molecule has 0 radical (unpaired) electrons. The quantitative estimate of drug-likeness (QED) is 0.0321. The van der Waals surface area contributed by atoms with Gasteiger partial charge in [-0.15, -0.1) is 0 Å². The Morgan fingerprint density at radius 2 is 0.746 bits per heavy atom. The summed E-state index contributed by atoms with van der Waals surface area (Å²) < 4.78 is 5.47. The highest BCUT2D eigenvalue weighted by molar-refractivity contribution is 5.76. The SMILES string of the molecule is CCCCCCCCCCCCCCCCCCCCCC(=O)OCCCCC/C=C\CCCCCCCC(=O)NC(CO)C(O)CCCCCCCCCCCCCCCCC. The fourth-order valence-corrected chi connectivity index (χ4v) is 8.93. The van der Waals surface area contributed by atoms with Crippen LogP contribution in [0.2, 0.25) is 0 Å². The van der Waals surface area contributed by atoms with Crippen LogP contribution in [-0.2, 0) is 14.3 Å². The van der Waals surface area contributed by atoms with E-state index in [1.54, 1.807) is 0 Å². The average Bonchev–Trinajstić information content (AvgIpc) is 3.28. The second-order valence-electron chi connectivity index (χ2n) is 19.6. The summed E-state index contributed by atoms with van der Waals surface area (Å²) in [5.41, 5.74) is 0. The Hall–Kier alpha value is -1.40. The van der Waals surface area contributed by atoms with Gasteiger partial charge in [0.05, 0.1) is 25.4 Å². The van der Waals surface area contributed by atoms with Crippen molar-refractivity contribution in [2.45, 2.75) is 328 Å². The maximum absolute atomic E-state index is 12.5. The fourth-order valence-electron chi connectivity index (χ4n) is 8.93. The lowest BCUT2D eigenvalue weighted by Gasteiger charge is -2.22. The lowest BCUT2D eigenvalue weighted by Crippen LogP contribution is -2.45. The molecule has 0 aliphatic heterocycles. The number of amides is 1. The molecule has 6 nitrogen and oxygen atoms in total. The minimum absolute atomic E-state index is 0.0174. The van der Waals surface area contributed by atoms with Crippen LogP contribution in [0.15, 0.2) is 12.2 Å². The number of carbonyl (C=O) groups is 2. The second-order valence-corrected chi connectivity index (χ2v) is 19.6. The fraction of sp³-hybridized carbons (Fsp3) is 0.930. The summed E-state index contributed by atoms with van der Waals surface area (Å²) in [4.78, 5) is 24.5.